The van der Waals surface area contributed by atoms with Crippen LogP contribution in [0.15, 0.2) is 66.8 Å². The van der Waals surface area contributed by atoms with Gasteiger partial charge in [0.05, 0.1) is 0 Å². The Balaban J connectivity index is 1.55. The van der Waals surface area contributed by atoms with E-state index in [1.165, 1.54) is 35.3 Å². The number of halogens is 1. The maximum atomic E-state index is 13.1. The molecule has 1 heterocycles. The third-order valence-electron chi connectivity index (χ3n) is 3.98. The summed E-state index contributed by atoms with van der Waals surface area (Å²) in [7, 11) is 0. The number of hydrogen-bond acceptors (Lipinski definition) is 3. The summed E-state index contributed by atoms with van der Waals surface area (Å²) in [5.74, 6) is -1.12. The summed E-state index contributed by atoms with van der Waals surface area (Å²) in [5, 5.41) is 5.17. The van der Waals surface area contributed by atoms with Crippen molar-refractivity contribution in [2.45, 2.75) is 6.42 Å². The normalized spacial score (nSPS) is 13.6. The van der Waals surface area contributed by atoms with Gasteiger partial charge in [-0.3, -0.25) is 14.5 Å². The van der Waals surface area contributed by atoms with Crippen LogP contribution in [0.25, 0.3) is 6.08 Å². The molecule has 0 radical (unpaired) electrons. The number of rotatable bonds is 4. The monoisotopic (exact) mass is 379 g/mol. The van der Waals surface area contributed by atoms with E-state index in [0.717, 1.165) is 5.56 Å². The van der Waals surface area contributed by atoms with Gasteiger partial charge in [0.25, 0.3) is 11.8 Å². The molecule has 4 amide bonds. The van der Waals surface area contributed by atoms with Crippen molar-refractivity contribution in [3.8, 4) is 0 Å². The molecule has 0 aromatic heterocycles. The van der Waals surface area contributed by atoms with Crippen LogP contribution in [0.4, 0.5) is 20.6 Å². The summed E-state index contributed by atoms with van der Waals surface area (Å²) in [6, 6.07) is 11.9. The Morgan fingerprint density at radius 3 is 2.50 bits per heavy atom. The molecule has 0 unspecified atom stereocenters. The first-order chi connectivity index (χ1) is 13.5. The Hall–Kier alpha value is -3.74. The summed E-state index contributed by atoms with van der Waals surface area (Å²) in [4.78, 5) is 36.9. The van der Waals surface area contributed by atoms with E-state index in [0.29, 0.717) is 24.3 Å². The quantitative estimate of drug-likeness (QED) is 0.793. The Kier molecular flexibility index (Phi) is 5.96. The van der Waals surface area contributed by atoms with Gasteiger partial charge < -0.3 is 10.6 Å². The van der Waals surface area contributed by atoms with Gasteiger partial charge in [0.1, 0.15) is 5.82 Å². The first-order valence-electron chi connectivity index (χ1n) is 8.65. The molecule has 0 bridgehead atoms. The van der Waals surface area contributed by atoms with Crippen molar-refractivity contribution in [2.24, 2.45) is 0 Å². The summed E-state index contributed by atoms with van der Waals surface area (Å²) < 4.78 is 13.1. The lowest BCUT2D eigenvalue weighted by atomic mass is 10.2. The Labute approximate surface area is 161 Å². The minimum Gasteiger partial charge on any atom is -0.308 e. The lowest BCUT2D eigenvalue weighted by Crippen LogP contribution is -2.37. The summed E-state index contributed by atoms with van der Waals surface area (Å²) >= 11 is 0. The van der Waals surface area contributed by atoms with Crippen LogP contribution < -0.4 is 10.6 Å². The average molecular weight is 379 g/mol. The van der Waals surface area contributed by atoms with Crippen LogP contribution in [-0.2, 0) is 9.59 Å². The second-order valence-electron chi connectivity index (χ2n) is 6.06. The van der Waals surface area contributed by atoms with Crippen molar-refractivity contribution in [3.63, 3.8) is 0 Å². The van der Waals surface area contributed by atoms with E-state index in [1.807, 2.05) is 0 Å². The van der Waals surface area contributed by atoms with Crippen LogP contribution in [0, 0.1) is 5.82 Å². The molecule has 0 saturated heterocycles. The molecular formula is C21H18FN3O3. The molecule has 0 atom stereocenters. The average Bonchev–Trinajstić information content (AvgIpc) is 2.67. The standard InChI is InChI=1S/C21H18FN3O3/c22-16-4-3-5-18(14-16)24-21(28)23-17-10-7-15(8-11-17)9-12-20(27)25-13-2-1-6-19(25)26/h1,3-12,14H,2,13H2,(H2,23,24,28)/b12-9+. The van der Waals surface area contributed by atoms with Crippen molar-refractivity contribution in [1.82, 2.24) is 4.90 Å². The van der Waals surface area contributed by atoms with Gasteiger partial charge in [0, 0.05) is 24.0 Å². The number of imide groups is 1. The fourth-order valence-electron chi connectivity index (χ4n) is 2.60. The van der Waals surface area contributed by atoms with E-state index in [1.54, 1.807) is 42.5 Å². The second-order valence-corrected chi connectivity index (χ2v) is 6.06. The maximum Gasteiger partial charge on any atom is 0.323 e. The zero-order valence-corrected chi connectivity index (χ0v) is 14.9. The van der Waals surface area contributed by atoms with Crippen LogP contribution >= 0.6 is 0 Å². The van der Waals surface area contributed by atoms with E-state index in [-0.39, 0.29) is 11.8 Å². The van der Waals surface area contributed by atoms with Crippen molar-refractivity contribution >= 4 is 35.3 Å². The number of nitrogens with zero attached hydrogens (tertiary/aromatic N) is 1. The van der Waals surface area contributed by atoms with Crippen LogP contribution in [0.1, 0.15) is 12.0 Å². The fourth-order valence-corrected chi connectivity index (χ4v) is 2.60. The number of nitrogens with one attached hydrogen (secondary N) is 2. The van der Waals surface area contributed by atoms with Crippen LogP contribution in [-0.4, -0.2) is 29.3 Å². The molecular weight excluding hydrogens is 361 g/mol. The SMILES string of the molecule is O=C(Nc1ccc(/C=C/C(=O)N2CCC=CC2=O)cc1)Nc1cccc(F)c1. The highest BCUT2D eigenvalue weighted by molar-refractivity contribution is 6.07. The molecule has 0 spiro atoms. The van der Waals surface area contributed by atoms with E-state index in [2.05, 4.69) is 10.6 Å². The minimum atomic E-state index is -0.499. The maximum absolute atomic E-state index is 13.1. The molecule has 28 heavy (non-hydrogen) atoms. The predicted molar refractivity (Wildman–Crippen MR) is 105 cm³/mol. The highest BCUT2D eigenvalue weighted by atomic mass is 19.1. The zero-order valence-electron chi connectivity index (χ0n) is 14.9. The van der Waals surface area contributed by atoms with Gasteiger partial charge in [-0.15, -0.1) is 0 Å². The van der Waals surface area contributed by atoms with Gasteiger partial charge in [-0.05, 0) is 54.5 Å². The first-order valence-corrected chi connectivity index (χ1v) is 8.65. The number of urea groups is 1. The Morgan fingerprint density at radius 2 is 1.79 bits per heavy atom. The number of carbonyl (C=O) groups is 3. The molecule has 1 aliphatic rings. The van der Waals surface area contributed by atoms with Gasteiger partial charge >= 0.3 is 6.03 Å². The van der Waals surface area contributed by atoms with E-state index < -0.39 is 11.8 Å². The highest BCUT2D eigenvalue weighted by Gasteiger charge is 2.18. The molecule has 0 saturated carbocycles. The smallest absolute Gasteiger partial charge is 0.308 e. The molecule has 3 rings (SSSR count). The number of carbonyl (C=O) groups excluding carboxylic acids is 3. The summed E-state index contributed by atoms with van der Waals surface area (Å²) in [5.41, 5.74) is 1.62. The Bertz CT molecular complexity index is 952. The van der Waals surface area contributed by atoms with Crippen molar-refractivity contribution in [2.75, 3.05) is 17.2 Å². The number of anilines is 2. The topological polar surface area (TPSA) is 78.5 Å². The molecule has 142 valence electrons. The minimum absolute atomic E-state index is 0.315. The van der Waals surface area contributed by atoms with Gasteiger partial charge in [0.15, 0.2) is 0 Å². The van der Waals surface area contributed by atoms with E-state index >= 15 is 0 Å². The third-order valence-corrected chi connectivity index (χ3v) is 3.98. The van der Waals surface area contributed by atoms with Crippen LogP contribution in [0.5, 0.6) is 0 Å². The lowest BCUT2D eigenvalue weighted by Gasteiger charge is -2.19. The molecule has 7 heteroatoms. The molecule has 2 aromatic carbocycles. The number of amides is 4. The predicted octanol–water partition coefficient (Wildman–Crippen LogP) is 3.80. The van der Waals surface area contributed by atoms with Gasteiger partial charge in [0.2, 0.25) is 0 Å². The fraction of sp³-hybridized carbons (Fsp3) is 0.0952. The molecule has 1 aliphatic heterocycles. The molecule has 2 N–H and O–H groups in total. The van der Waals surface area contributed by atoms with Crippen molar-refractivity contribution < 1.29 is 18.8 Å². The van der Waals surface area contributed by atoms with Crippen LogP contribution in [0.2, 0.25) is 0 Å². The van der Waals surface area contributed by atoms with Gasteiger partial charge in [-0.25, -0.2) is 9.18 Å². The molecule has 2 aromatic rings. The van der Waals surface area contributed by atoms with E-state index in [9.17, 15) is 18.8 Å². The van der Waals surface area contributed by atoms with Crippen LogP contribution in [0.3, 0.4) is 0 Å². The van der Waals surface area contributed by atoms with Crippen molar-refractivity contribution in [1.29, 1.82) is 0 Å². The third kappa shape index (κ3) is 5.14. The first kappa shape index (κ1) is 19.0. The zero-order chi connectivity index (χ0) is 19.9. The molecule has 0 aliphatic carbocycles. The second kappa shape index (κ2) is 8.77. The largest absolute Gasteiger partial charge is 0.323 e. The number of benzene rings is 2. The summed E-state index contributed by atoms with van der Waals surface area (Å²) in [6.07, 6.45) is 6.74. The van der Waals surface area contributed by atoms with Gasteiger partial charge in [-0.1, -0.05) is 24.3 Å². The highest BCUT2D eigenvalue weighted by Crippen LogP contribution is 2.14. The molecule has 6 nitrogen and oxygen atoms in total. The number of hydrogen-bond donors (Lipinski definition) is 2. The Morgan fingerprint density at radius 1 is 1.04 bits per heavy atom. The van der Waals surface area contributed by atoms with E-state index in [4.69, 9.17) is 0 Å². The van der Waals surface area contributed by atoms with Crippen molar-refractivity contribution in [3.05, 3.63) is 78.1 Å². The van der Waals surface area contributed by atoms with Gasteiger partial charge in [-0.2, -0.15) is 0 Å². The molecule has 0 fully saturated rings. The summed E-state index contributed by atoms with van der Waals surface area (Å²) in [6.45, 7) is 0.377. The lowest BCUT2D eigenvalue weighted by molar-refractivity contribution is -0.139.